The maximum Gasteiger partial charge on any atom is 0.0962 e. The first kappa shape index (κ1) is 10.6. The Morgan fingerprint density at radius 2 is 2.31 bits per heavy atom. The van der Waals surface area contributed by atoms with Gasteiger partial charge >= 0.3 is 0 Å². The van der Waals surface area contributed by atoms with E-state index in [1.165, 1.54) is 0 Å². The van der Waals surface area contributed by atoms with Crippen molar-refractivity contribution in [3.8, 4) is 0 Å². The van der Waals surface area contributed by atoms with Crippen LogP contribution < -0.4 is 11.1 Å². The maximum absolute atomic E-state index is 5.44. The van der Waals surface area contributed by atoms with Crippen molar-refractivity contribution < 1.29 is 0 Å². The van der Waals surface area contributed by atoms with Gasteiger partial charge in [0, 0.05) is 32.5 Å². The summed E-state index contributed by atoms with van der Waals surface area (Å²) in [5, 5.41) is 15.2. The zero-order chi connectivity index (χ0) is 11.4. The van der Waals surface area contributed by atoms with E-state index in [4.69, 9.17) is 5.73 Å². The van der Waals surface area contributed by atoms with E-state index >= 15 is 0 Å². The molecule has 0 aliphatic heterocycles. The predicted octanol–water partition coefficient (Wildman–Crippen LogP) is -0.418. The molecule has 0 aliphatic rings. The fourth-order valence-electron chi connectivity index (χ4n) is 1.37. The quantitative estimate of drug-likeness (QED) is 0.716. The van der Waals surface area contributed by atoms with Crippen molar-refractivity contribution in [1.82, 2.24) is 24.8 Å². The number of anilines is 1. The summed E-state index contributed by atoms with van der Waals surface area (Å²) in [6.45, 7) is 1.96. The van der Waals surface area contributed by atoms with Gasteiger partial charge in [0.25, 0.3) is 0 Å². The van der Waals surface area contributed by atoms with Crippen LogP contribution in [-0.2, 0) is 20.1 Å². The second-order valence-corrected chi connectivity index (χ2v) is 3.51. The highest BCUT2D eigenvalue weighted by atomic mass is 15.4. The topological polar surface area (TPSA) is 86.6 Å². The van der Waals surface area contributed by atoms with Crippen LogP contribution in [0.5, 0.6) is 0 Å². The first-order chi connectivity index (χ1) is 7.78. The zero-order valence-corrected chi connectivity index (χ0v) is 9.17. The fourth-order valence-corrected chi connectivity index (χ4v) is 1.37. The van der Waals surface area contributed by atoms with Crippen LogP contribution in [-0.4, -0.2) is 31.3 Å². The number of nitrogens with one attached hydrogen (secondary N) is 1. The monoisotopic (exact) mass is 221 g/mol. The highest BCUT2D eigenvalue weighted by molar-refractivity contribution is 5.37. The minimum absolute atomic E-state index is 0.427. The van der Waals surface area contributed by atoms with Crippen LogP contribution in [0.25, 0.3) is 0 Å². The van der Waals surface area contributed by atoms with E-state index < -0.39 is 0 Å². The zero-order valence-electron chi connectivity index (χ0n) is 9.17. The third kappa shape index (κ3) is 2.57. The summed E-state index contributed by atoms with van der Waals surface area (Å²) in [6, 6.07) is 0. The predicted molar refractivity (Wildman–Crippen MR) is 59.6 cm³/mol. The van der Waals surface area contributed by atoms with Crippen molar-refractivity contribution in [3.63, 3.8) is 0 Å². The summed E-state index contributed by atoms with van der Waals surface area (Å²) < 4.78 is 3.52. The maximum atomic E-state index is 5.44. The molecule has 0 unspecified atom stereocenters. The van der Waals surface area contributed by atoms with Crippen LogP contribution in [0.15, 0.2) is 18.6 Å². The molecule has 16 heavy (non-hydrogen) atoms. The Morgan fingerprint density at radius 3 is 2.94 bits per heavy atom. The van der Waals surface area contributed by atoms with Gasteiger partial charge < -0.3 is 11.1 Å². The van der Waals surface area contributed by atoms with Crippen molar-refractivity contribution in [1.29, 1.82) is 0 Å². The number of aryl methyl sites for hydroxylation is 1. The minimum Gasteiger partial charge on any atom is -0.381 e. The van der Waals surface area contributed by atoms with Crippen molar-refractivity contribution in [2.24, 2.45) is 12.8 Å². The van der Waals surface area contributed by atoms with Gasteiger partial charge in [-0.2, -0.15) is 5.10 Å². The SMILES string of the molecule is Cn1cc(NCCn2cc(CN)nn2)cn1. The van der Waals surface area contributed by atoms with Crippen LogP contribution in [0, 0.1) is 0 Å². The number of rotatable bonds is 5. The standard InChI is InChI=1S/C9H15N7/c1-15-6-9(5-12-15)11-2-3-16-7-8(4-10)13-14-16/h5-7,11H,2-4,10H2,1H3. The lowest BCUT2D eigenvalue weighted by molar-refractivity contribution is 0.608. The van der Waals surface area contributed by atoms with Gasteiger partial charge in [0.05, 0.1) is 24.1 Å². The smallest absolute Gasteiger partial charge is 0.0962 e. The van der Waals surface area contributed by atoms with E-state index in [9.17, 15) is 0 Å². The molecule has 0 saturated heterocycles. The molecule has 7 heteroatoms. The largest absolute Gasteiger partial charge is 0.381 e. The Kier molecular flexibility index (Phi) is 3.16. The second kappa shape index (κ2) is 4.75. The van der Waals surface area contributed by atoms with Crippen LogP contribution in [0.3, 0.4) is 0 Å². The van der Waals surface area contributed by atoms with Crippen LogP contribution in [0.1, 0.15) is 5.69 Å². The van der Waals surface area contributed by atoms with Gasteiger partial charge in [-0.25, -0.2) is 0 Å². The van der Waals surface area contributed by atoms with Gasteiger partial charge in [-0.15, -0.1) is 5.10 Å². The first-order valence-electron chi connectivity index (χ1n) is 5.09. The van der Waals surface area contributed by atoms with Crippen LogP contribution in [0.4, 0.5) is 5.69 Å². The molecule has 0 atom stereocenters. The Hall–Kier alpha value is -1.89. The third-order valence-corrected chi connectivity index (χ3v) is 2.17. The molecular formula is C9H15N7. The van der Waals surface area contributed by atoms with Crippen molar-refractivity contribution >= 4 is 5.69 Å². The molecule has 2 aromatic rings. The number of aromatic nitrogens is 5. The van der Waals surface area contributed by atoms with Crippen LogP contribution >= 0.6 is 0 Å². The number of nitrogens with zero attached hydrogens (tertiary/aromatic N) is 5. The van der Waals surface area contributed by atoms with Crippen molar-refractivity contribution in [3.05, 3.63) is 24.3 Å². The average molecular weight is 221 g/mol. The molecule has 2 rings (SSSR count). The number of hydrogen-bond donors (Lipinski definition) is 2. The van der Waals surface area contributed by atoms with Gasteiger partial charge in [0.1, 0.15) is 0 Å². The van der Waals surface area contributed by atoms with E-state index in [0.29, 0.717) is 6.54 Å². The molecule has 86 valence electrons. The molecule has 0 bridgehead atoms. The van der Waals surface area contributed by atoms with E-state index in [2.05, 4.69) is 20.7 Å². The molecular weight excluding hydrogens is 206 g/mol. The second-order valence-electron chi connectivity index (χ2n) is 3.51. The molecule has 0 aliphatic carbocycles. The van der Waals surface area contributed by atoms with E-state index in [-0.39, 0.29) is 0 Å². The lowest BCUT2D eigenvalue weighted by Crippen LogP contribution is -2.10. The Balaban J connectivity index is 1.79. The highest BCUT2D eigenvalue weighted by Gasteiger charge is 1.98. The van der Waals surface area contributed by atoms with Gasteiger partial charge in [-0.1, -0.05) is 5.21 Å². The normalized spacial score (nSPS) is 10.6. The number of nitrogens with two attached hydrogens (primary N) is 1. The van der Waals surface area contributed by atoms with Crippen LogP contribution in [0.2, 0.25) is 0 Å². The van der Waals surface area contributed by atoms with Crippen molar-refractivity contribution in [2.45, 2.75) is 13.1 Å². The molecule has 0 spiro atoms. The molecule has 7 nitrogen and oxygen atoms in total. The fraction of sp³-hybridized carbons (Fsp3) is 0.444. The Morgan fingerprint density at radius 1 is 1.44 bits per heavy atom. The number of hydrogen-bond acceptors (Lipinski definition) is 5. The Labute approximate surface area is 93.2 Å². The highest BCUT2D eigenvalue weighted by Crippen LogP contribution is 2.02. The van der Waals surface area contributed by atoms with Gasteiger partial charge in [-0.3, -0.25) is 9.36 Å². The summed E-state index contributed by atoms with van der Waals surface area (Å²) in [5.41, 5.74) is 7.25. The summed E-state index contributed by atoms with van der Waals surface area (Å²) in [7, 11) is 1.89. The van der Waals surface area contributed by atoms with E-state index in [1.807, 2.05) is 19.4 Å². The first-order valence-corrected chi connectivity index (χ1v) is 5.09. The molecule has 0 aromatic carbocycles. The average Bonchev–Trinajstić information content (AvgIpc) is 2.88. The third-order valence-electron chi connectivity index (χ3n) is 2.17. The molecule has 0 saturated carbocycles. The summed E-state index contributed by atoms with van der Waals surface area (Å²) in [4.78, 5) is 0. The molecule has 0 fully saturated rings. The minimum atomic E-state index is 0.427. The lowest BCUT2D eigenvalue weighted by Gasteiger charge is -2.02. The summed E-state index contributed by atoms with van der Waals surface area (Å²) in [6.07, 6.45) is 5.56. The lowest BCUT2D eigenvalue weighted by atomic mass is 10.5. The van der Waals surface area contributed by atoms with E-state index in [0.717, 1.165) is 24.5 Å². The van der Waals surface area contributed by atoms with E-state index in [1.54, 1.807) is 15.6 Å². The molecule has 2 aromatic heterocycles. The molecule has 3 N–H and O–H groups in total. The van der Waals surface area contributed by atoms with Gasteiger partial charge in [0.15, 0.2) is 0 Å². The van der Waals surface area contributed by atoms with Gasteiger partial charge in [0.2, 0.25) is 0 Å². The molecule has 0 amide bonds. The molecule has 2 heterocycles. The molecule has 0 radical (unpaired) electrons. The van der Waals surface area contributed by atoms with Crippen molar-refractivity contribution in [2.75, 3.05) is 11.9 Å². The summed E-state index contributed by atoms with van der Waals surface area (Å²) in [5.74, 6) is 0. The Bertz CT molecular complexity index is 444. The summed E-state index contributed by atoms with van der Waals surface area (Å²) >= 11 is 0. The van der Waals surface area contributed by atoms with Gasteiger partial charge in [-0.05, 0) is 0 Å².